The van der Waals surface area contributed by atoms with Crippen LogP contribution in [0.1, 0.15) is 42.9 Å². The molecule has 0 aromatic heterocycles. The van der Waals surface area contributed by atoms with Gasteiger partial charge in [-0.1, -0.05) is 54.6 Å². The fourth-order valence-electron chi connectivity index (χ4n) is 2.65. The van der Waals surface area contributed by atoms with Crippen molar-refractivity contribution in [2.24, 2.45) is 0 Å². The number of aliphatic hydroxyl groups is 1. The van der Waals surface area contributed by atoms with Crippen molar-refractivity contribution in [3.8, 4) is 5.75 Å². The van der Waals surface area contributed by atoms with E-state index < -0.39 is 0 Å². The smallest absolute Gasteiger partial charge is 0.125 e. The number of benzene rings is 2. The fourth-order valence-corrected chi connectivity index (χ4v) is 2.65. The van der Waals surface area contributed by atoms with Gasteiger partial charge >= 0.3 is 0 Å². The Balaban J connectivity index is 1.95. The highest BCUT2D eigenvalue weighted by molar-refractivity contribution is 5.50. The highest BCUT2D eigenvalue weighted by Gasteiger charge is 2.12. The van der Waals surface area contributed by atoms with E-state index in [1.807, 2.05) is 25.2 Å². The van der Waals surface area contributed by atoms with Gasteiger partial charge in [-0.25, -0.2) is 0 Å². The van der Waals surface area contributed by atoms with Crippen molar-refractivity contribution in [3.63, 3.8) is 0 Å². The normalized spacial score (nSPS) is 12.4. The molecule has 0 saturated carbocycles. The van der Waals surface area contributed by atoms with Crippen LogP contribution in [0.25, 0.3) is 6.08 Å². The molecule has 0 aliphatic carbocycles. The number of hydrogen-bond donors (Lipinski definition) is 2. The molecule has 134 valence electrons. The van der Waals surface area contributed by atoms with Crippen LogP contribution in [-0.2, 0) is 0 Å². The van der Waals surface area contributed by atoms with Gasteiger partial charge in [-0.2, -0.15) is 0 Å². The number of ether oxygens (including phenoxy) is 1. The maximum Gasteiger partial charge on any atom is 0.125 e. The molecule has 0 amide bonds. The molecule has 0 spiro atoms. The van der Waals surface area contributed by atoms with Gasteiger partial charge in [-0.05, 0) is 56.1 Å². The SMILES string of the molecule is CNCCC(Oc1ccc(/C=C/CCCCO)cc1)c1ccccc1. The average Bonchev–Trinajstić information content (AvgIpc) is 2.67. The molecule has 0 bridgehead atoms. The quantitative estimate of drug-likeness (QED) is 0.588. The zero-order valence-electron chi connectivity index (χ0n) is 15.0. The Morgan fingerprint density at radius 3 is 2.48 bits per heavy atom. The summed E-state index contributed by atoms with van der Waals surface area (Å²) in [7, 11) is 1.96. The lowest BCUT2D eigenvalue weighted by Crippen LogP contribution is -2.16. The first-order valence-corrected chi connectivity index (χ1v) is 9.07. The molecule has 0 aliphatic heterocycles. The Hall–Kier alpha value is -2.10. The van der Waals surface area contributed by atoms with Gasteiger partial charge in [0.05, 0.1) is 0 Å². The van der Waals surface area contributed by atoms with E-state index >= 15 is 0 Å². The molecule has 0 radical (unpaired) electrons. The van der Waals surface area contributed by atoms with Crippen molar-refractivity contribution in [1.82, 2.24) is 5.32 Å². The van der Waals surface area contributed by atoms with Crippen LogP contribution in [0.3, 0.4) is 0 Å². The molecule has 2 rings (SSSR count). The van der Waals surface area contributed by atoms with Gasteiger partial charge in [0, 0.05) is 13.0 Å². The molecule has 2 aromatic carbocycles. The minimum Gasteiger partial charge on any atom is -0.486 e. The van der Waals surface area contributed by atoms with E-state index in [0.29, 0.717) is 0 Å². The summed E-state index contributed by atoms with van der Waals surface area (Å²) in [6.45, 7) is 1.18. The largest absolute Gasteiger partial charge is 0.486 e. The maximum atomic E-state index is 8.78. The zero-order chi connectivity index (χ0) is 17.7. The molecule has 2 N–H and O–H groups in total. The standard InChI is InChI=1S/C22H29NO2/c1-23-17-16-22(20-10-6-4-7-11-20)25-21-14-12-19(13-15-21)9-5-2-3-8-18-24/h4-7,9-15,22-24H,2-3,8,16-18H2,1H3/b9-5+. The summed E-state index contributed by atoms with van der Waals surface area (Å²) in [6, 6.07) is 18.6. The lowest BCUT2D eigenvalue weighted by molar-refractivity contribution is 0.195. The van der Waals surface area contributed by atoms with E-state index in [0.717, 1.165) is 38.0 Å². The van der Waals surface area contributed by atoms with Gasteiger partial charge in [0.25, 0.3) is 0 Å². The summed E-state index contributed by atoms with van der Waals surface area (Å²) >= 11 is 0. The van der Waals surface area contributed by atoms with Crippen LogP contribution in [0.4, 0.5) is 0 Å². The van der Waals surface area contributed by atoms with E-state index in [4.69, 9.17) is 9.84 Å². The Morgan fingerprint density at radius 2 is 1.80 bits per heavy atom. The molecule has 0 fully saturated rings. The zero-order valence-corrected chi connectivity index (χ0v) is 15.0. The van der Waals surface area contributed by atoms with Crippen molar-refractivity contribution < 1.29 is 9.84 Å². The van der Waals surface area contributed by atoms with Crippen molar-refractivity contribution in [3.05, 3.63) is 71.8 Å². The van der Waals surface area contributed by atoms with E-state index in [1.54, 1.807) is 0 Å². The topological polar surface area (TPSA) is 41.5 Å². The number of unbranched alkanes of at least 4 members (excludes halogenated alkanes) is 2. The third-order valence-electron chi connectivity index (χ3n) is 4.08. The number of rotatable bonds is 11. The first-order chi connectivity index (χ1) is 12.3. The Bertz CT molecular complexity index is 608. The van der Waals surface area contributed by atoms with Gasteiger partial charge in [-0.3, -0.25) is 0 Å². The summed E-state index contributed by atoms with van der Waals surface area (Å²) in [4.78, 5) is 0. The van der Waals surface area contributed by atoms with E-state index in [9.17, 15) is 0 Å². The molecule has 3 heteroatoms. The van der Waals surface area contributed by atoms with Crippen LogP contribution in [0.2, 0.25) is 0 Å². The molecule has 2 aromatic rings. The van der Waals surface area contributed by atoms with Crippen LogP contribution in [-0.4, -0.2) is 25.3 Å². The second-order valence-corrected chi connectivity index (χ2v) is 6.10. The summed E-state index contributed by atoms with van der Waals surface area (Å²) in [6.07, 6.45) is 8.14. The number of nitrogens with one attached hydrogen (secondary N) is 1. The number of allylic oxidation sites excluding steroid dienone is 1. The Morgan fingerprint density at radius 1 is 1.04 bits per heavy atom. The lowest BCUT2D eigenvalue weighted by atomic mass is 10.1. The minimum absolute atomic E-state index is 0.0496. The summed E-state index contributed by atoms with van der Waals surface area (Å²) in [5, 5.41) is 12.0. The number of aliphatic hydroxyl groups excluding tert-OH is 1. The Kier molecular flexibility index (Phi) is 8.81. The molecule has 1 unspecified atom stereocenters. The van der Waals surface area contributed by atoms with Crippen molar-refractivity contribution >= 4 is 6.08 Å². The van der Waals surface area contributed by atoms with Crippen LogP contribution >= 0.6 is 0 Å². The van der Waals surface area contributed by atoms with E-state index in [1.165, 1.54) is 11.1 Å². The molecule has 0 aliphatic rings. The molecule has 0 saturated heterocycles. The fraction of sp³-hybridized carbons (Fsp3) is 0.364. The van der Waals surface area contributed by atoms with Gasteiger partial charge in [-0.15, -0.1) is 0 Å². The molecule has 3 nitrogen and oxygen atoms in total. The van der Waals surface area contributed by atoms with Gasteiger partial charge < -0.3 is 15.2 Å². The lowest BCUT2D eigenvalue weighted by Gasteiger charge is -2.19. The third kappa shape index (κ3) is 7.12. The van der Waals surface area contributed by atoms with E-state index in [-0.39, 0.29) is 12.7 Å². The molecule has 0 heterocycles. The predicted octanol–water partition coefficient (Wildman–Crippen LogP) is 4.59. The van der Waals surface area contributed by atoms with Gasteiger partial charge in [0.15, 0.2) is 0 Å². The first kappa shape index (κ1) is 19.2. The van der Waals surface area contributed by atoms with Crippen molar-refractivity contribution in [1.29, 1.82) is 0 Å². The number of hydrogen-bond acceptors (Lipinski definition) is 3. The summed E-state index contributed by atoms with van der Waals surface area (Å²) in [5.41, 5.74) is 2.37. The van der Waals surface area contributed by atoms with Crippen molar-refractivity contribution in [2.45, 2.75) is 31.8 Å². The third-order valence-corrected chi connectivity index (χ3v) is 4.08. The average molecular weight is 339 g/mol. The van der Waals surface area contributed by atoms with E-state index in [2.05, 4.69) is 53.9 Å². The van der Waals surface area contributed by atoms with Crippen LogP contribution in [0.15, 0.2) is 60.7 Å². The molecular formula is C22H29NO2. The molecular weight excluding hydrogens is 310 g/mol. The van der Waals surface area contributed by atoms with Gasteiger partial charge in [0.1, 0.15) is 11.9 Å². The highest BCUT2D eigenvalue weighted by atomic mass is 16.5. The summed E-state index contributed by atoms with van der Waals surface area (Å²) in [5.74, 6) is 0.891. The minimum atomic E-state index is 0.0496. The van der Waals surface area contributed by atoms with Crippen molar-refractivity contribution in [2.75, 3.05) is 20.2 Å². The second-order valence-electron chi connectivity index (χ2n) is 6.10. The molecule has 25 heavy (non-hydrogen) atoms. The van der Waals surface area contributed by atoms with Crippen LogP contribution in [0, 0.1) is 0 Å². The highest BCUT2D eigenvalue weighted by Crippen LogP contribution is 2.25. The predicted molar refractivity (Wildman–Crippen MR) is 105 cm³/mol. The van der Waals surface area contributed by atoms with Crippen LogP contribution in [0.5, 0.6) is 5.75 Å². The van der Waals surface area contributed by atoms with Crippen LogP contribution < -0.4 is 10.1 Å². The first-order valence-electron chi connectivity index (χ1n) is 9.07. The summed E-state index contributed by atoms with van der Waals surface area (Å²) < 4.78 is 6.22. The maximum absolute atomic E-state index is 8.78. The monoisotopic (exact) mass is 339 g/mol. The second kappa shape index (κ2) is 11.5. The Labute approximate surface area is 151 Å². The molecule has 1 atom stereocenters. The van der Waals surface area contributed by atoms with Gasteiger partial charge in [0.2, 0.25) is 0 Å².